The van der Waals surface area contributed by atoms with E-state index in [1.165, 1.54) is 13.0 Å². The predicted molar refractivity (Wildman–Crippen MR) is 107 cm³/mol. The van der Waals surface area contributed by atoms with E-state index in [1.54, 1.807) is 18.2 Å². The van der Waals surface area contributed by atoms with E-state index in [-0.39, 0.29) is 6.42 Å². The number of unbranched alkanes of at least 4 members (excludes halogenated alkanes) is 4. The number of hydrogen-bond donors (Lipinski definition) is 3. The summed E-state index contributed by atoms with van der Waals surface area (Å²) >= 11 is 0. The molecule has 1 aromatic carbocycles. The van der Waals surface area contributed by atoms with Gasteiger partial charge in [-0.05, 0) is 30.9 Å². The van der Waals surface area contributed by atoms with Crippen molar-refractivity contribution in [1.29, 1.82) is 0 Å². The molecule has 2 atom stereocenters. The van der Waals surface area contributed by atoms with Gasteiger partial charge < -0.3 is 16.4 Å². The number of nitrogens with two attached hydrogens (primary N) is 1. The van der Waals surface area contributed by atoms with Crippen LogP contribution >= 0.6 is 0 Å². The van der Waals surface area contributed by atoms with Crippen LogP contribution in [0.15, 0.2) is 36.9 Å². The summed E-state index contributed by atoms with van der Waals surface area (Å²) < 4.78 is 13.9. The number of nitrogens with one attached hydrogen (secondary N) is 2. The van der Waals surface area contributed by atoms with Gasteiger partial charge in [-0.15, -0.1) is 6.58 Å². The molecule has 154 valence electrons. The Morgan fingerprint density at radius 2 is 1.79 bits per heavy atom. The van der Waals surface area contributed by atoms with Gasteiger partial charge in [-0.3, -0.25) is 14.4 Å². The highest BCUT2D eigenvalue weighted by molar-refractivity contribution is 5.91. The molecule has 6 nitrogen and oxygen atoms in total. The second-order valence-corrected chi connectivity index (χ2v) is 6.79. The van der Waals surface area contributed by atoms with Gasteiger partial charge in [-0.1, -0.05) is 43.5 Å². The Balaban J connectivity index is 2.69. The Hall–Kier alpha value is -2.70. The maximum atomic E-state index is 13.9. The van der Waals surface area contributed by atoms with Crippen molar-refractivity contribution in [3.63, 3.8) is 0 Å². The largest absolute Gasteiger partial charge is 0.368 e. The molecule has 3 amide bonds. The molecule has 0 aliphatic rings. The fourth-order valence-electron chi connectivity index (χ4n) is 2.89. The highest BCUT2D eigenvalue weighted by atomic mass is 19.1. The molecule has 0 aliphatic carbocycles. The lowest BCUT2D eigenvalue weighted by atomic mass is 10.0. The fraction of sp³-hybridized carbons (Fsp3) is 0.476. The van der Waals surface area contributed by atoms with E-state index >= 15 is 0 Å². The SMILES string of the molecule is C=CCCCCCC[C@@H](NC(=O)[C@@H](Cc1ccccc1F)NC(C)=O)C(N)=O. The highest BCUT2D eigenvalue weighted by Crippen LogP contribution is 2.11. The van der Waals surface area contributed by atoms with E-state index in [1.807, 2.05) is 6.08 Å². The number of carbonyl (C=O) groups excluding carboxylic acids is 3. The van der Waals surface area contributed by atoms with Crippen molar-refractivity contribution in [2.75, 3.05) is 0 Å². The summed E-state index contributed by atoms with van der Waals surface area (Å²) in [5.41, 5.74) is 5.71. The summed E-state index contributed by atoms with van der Waals surface area (Å²) in [4.78, 5) is 35.8. The van der Waals surface area contributed by atoms with E-state index in [2.05, 4.69) is 17.2 Å². The molecule has 0 aliphatic heterocycles. The third-order valence-corrected chi connectivity index (χ3v) is 4.39. The number of carbonyl (C=O) groups is 3. The third-order valence-electron chi connectivity index (χ3n) is 4.39. The number of rotatable bonds is 13. The molecule has 28 heavy (non-hydrogen) atoms. The summed E-state index contributed by atoms with van der Waals surface area (Å²) in [6.07, 6.45) is 6.90. The van der Waals surface area contributed by atoms with Gasteiger partial charge in [0.15, 0.2) is 0 Å². The quantitative estimate of drug-likeness (QED) is 0.355. The zero-order valence-corrected chi connectivity index (χ0v) is 16.4. The van der Waals surface area contributed by atoms with E-state index < -0.39 is 35.6 Å². The first-order chi connectivity index (χ1) is 13.3. The smallest absolute Gasteiger partial charge is 0.243 e. The minimum absolute atomic E-state index is 0.0227. The maximum Gasteiger partial charge on any atom is 0.243 e. The monoisotopic (exact) mass is 391 g/mol. The van der Waals surface area contributed by atoms with Crippen molar-refractivity contribution < 1.29 is 18.8 Å². The van der Waals surface area contributed by atoms with E-state index in [0.717, 1.165) is 32.1 Å². The summed E-state index contributed by atoms with van der Waals surface area (Å²) in [5.74, 6) is -2.08. The zero-order chi connectivity index (χ0) is 20.9. The molecule has 0 bridgehead atoms. The van der Waals surface area contributed by atoms with Gasteiger partial charge in [0.2, 0.25) is 17.7 Å². The van der Waals surface area contributed by atoms with Crippen molar-refractivity contribution in [2.45, 2.75) is 64.0 Å². The topological polar surface area (TPSA) is 101 Å². The van der Waals surface area contributed by atoms with Crippen LogP contribution in [0.3, 0.4) is 0 Å². The van der Waals surface area contributed by atoms with Crippen LogP contribution in [0, 0.1) is 5.82 Å². The standard InChI is InChI=1S/C21H30FN3O3/c1-3-4-5-6-7-8-13-18(20(23)27)25-21(28)19(24-15(2)26)14-16-11-9-10-12-17(16)22/h3,9-12,18-19H,1,4-8,13-14H2,2H3,(H2,23,27)(H,24,26)(H,25,28)/t18-,19-/m1/s1. The lowest BCUT2D eigenvalue weighted by Crippen LogP contribution is -2.53. The molecule has 0 saturated carbocycles. The number of primary amides is 1. The van der Waals surface area contributed by atoms with Crippen molar-refractivity contribution in [3.8, 4) is 0 Å². The maximum absolute atomic E-state index is 13.9. The van der Waals surface area contributed by atoms with Crippen LogP contribution in [0.4, 0.5) is 4.39 Å². The van der Waals surface area contributed by atoms with Crippen molar-refractivity contribution >= 4 is 17.7 Å². The second-order valence-electron chi connectivity index (χ2n) is 6.79. The van der Waals surface area contributed by atoms with Gasteiger partial charge in [0.05, 0.1) is 0 Å². The zero-order valence-electron chi connectivity index (χ0n) is 16.4. The minimum Gasteiger partial charge on any atom is -0.368 e. The molecule has 7 heteroatoms. The fourth-order valence-corrected chi connectivity index (χ4v) is 2.89. The Morgan fingerprint density at radius 1 is 1.11 bits per heavy atom. The summed E-state index contributed by atoms with van der Waals surface area (Å²) in [5, 5.41) is 5.11. The second kappa shape index (κ2) is 12.6. The number of amides is 3. The predicted octanol–water partition coefficient (Wildman–Crippen LogP) is 2.37. The first kappa shape index (κ1) is 23.3. The molecule has 0 fully saturated rings. The van der Waals surface area contributed by atoms with Crippen LogP contribution in [0.1, 0.15) is 51.0 Å². The lowest BCUT2D eigenvalue weighted by molar-refractivity contribution is -0.131. The third kappa shape index (κ3) is 8.79. The van der Waals surface area contributed by atoms with E-state index in [4.69, 9.17) is 5.73 Å². The minimum atomic E-state index is -0.996. The van der Waals surface area contributed by atoms with Crippen LogP contribution < -0.4 is 16.4 Å². The Labute approximate surface area is 165 Å². The summed E-state index contributed by atoms with van der Waals surface area (Å²) in [6.45, 7) is 4.95. The molecule has 0 radical (unpaired) electrons. The van der Waals surface area contributed by atoms with E-state index in [9.17, 15) is 18.8 Å². The van der Waals surface area contributed by atoms with Crippen molar-refractivity contribution in [3.05, 3.63) is 48.3 Å². The van der Waals surface area contributed by atoms with Crippen molar-refractivity contribution in [2.24, 2.45) is 5.73 Å². The van der Waals surface area contributed by atoms with Gasteiger partial charge in [0, 0.05) is 13.3 Å². The molecular weight excluding hydrogens is 361 g/mol. The number of hydrogen-bond acceptors (Lipinski definition) is 3. The van der Waals surface area contributed by atoms with Gasteiger partial charge in [0.25, 0.3) is 0 Å². The average molecular weight is 391 g/mol. The van der Waals surface area contributed by atoms with Gasteiger partial charge in [-0.25, -0.2) is 4.39 Å². The number of benzene rings is 1. The Morgan fingerprint density at radius 3 is 2.39 bits per heavy atom. The molecule has 0 unspecified atom stereocenters. The molecular formula is C21H30FN3O3. The average Bonchev–Trinajstić information content (AvgIpc) is 2.64. The molecule has 1 rings (SSSR count). The van der Waals surface area contributed by atoms with Gasteiger partial charge in [0.1, 0.15) is 17.9 Å². The Bertz CT molecular complexity index is 679. The lowest BCUT2D eigenvalue weighted by Gasteiger charge is -2.22. The van der Waals surface area contributed by atoms with Crippen LogP contribution in [0.25, 0.3) is 0 Å². The Kier molecular flexibility index (Phi) is 10.5. The first-order valence-electron chi connectivity index (χ1n) is 9.56. The van der Waals surface area contributed by atoms with E-state index in [0.29, 0.717) is 12.0 Å². The molecule has 0 spiro atoms. The number of halogens is 1. The number of allylic oxidation sites excluding steroid dienone is 1. The molecule has 1 aromatic rings. The molecule has 4 N–H and O–H groups in total. The summed E-state index contributed by atoms with van der Waals surface area (Å²) in [7, 11) is 0. The van der Waals surface area contributed by atoms with Crippen LogP contribution in [0.5, 0.6) is 0 Å². The van der Waals surface area contributed by atoms with Gasteiger partial charge >= 0.3 is 0 Å². The first-order valence-corrected chi connectivity index (χ1v) is 9.56. The van der Waals surface area contributed by atoms with Crippen LogP contribution in [-0.4, -0.2) is 29.8 Å². The van der Waals surface area contributed by atoms with Gasteiger partial charge in [-0.2, -0.15) is 0 Å². The summed E-state index contributed by atoms with van der Waals surface area (Å²) in [6, 6.07) is 4.21. The van der Waals surface area contributed by atoms with Crippen LogP contribution in [-0.2, 0) is 20.8 Å². The normalized spacial score (nSPS) is 12.6. The van der Waals surface area contributed by atoms with Crippen molar-refractivity contribution in [1.82, 2.24) is 10.6 Å². The molecule has 0 saturated heterocycles. The molecule has 0 aromatic heterocycles. The molecule has 0 heterocycles. The van der Waals surface area contributed by atoms with Crippen LogP contribution in [0.2, 0.25) is 0 Å². The highest BCUT2D eigenvalue weighted by Gasteiger charge is 2.25.